The standard InChI is InChI=1S/C28H34N6O2/c1-18(35)30-22-13-9-19(10-14-22)25-27(31-21-6-3-2-4-7-21)34-17-5-8-24(26(34)33-25)28(36)32-23-15-11-20(29)12-16-23/h5,8-10,13-14,17,20,23H,2-4,6-7,11-12,15-16,29H2,1H3,(H,30,35)(H,32,36). The minimum absolute atomic E-state index is 0.115. The van der Waals surface area contributed by atoms with Crippen LogP contribution in [0, 0.1) is 0 Å². The van der Waals surface area contributed by atoms with Crippen LogP contribution in [-0.2, 0) is 4.79 Å². The molecule has 3 aromatic rings. The molecule has 0 saturated heterocycles. The SMILES string of the molecule is CC(=O)Nc1ccc(-c2nc3c(C(=O)NC4CCC(N)CC4)cccn3c2N=C2CCCCC2)cc1. The van der Waals surface area contributed by atoms with E-state index in [-0.39, 0.29) is 23.9 Å². The molecule has 0 atom stereocenters. The van der Waals surface area contributed by atoms with Gasteiger partial charge in [-0.15, -0.1) is 0 Å². The van der Waals surface area contributed by atoms with E-state index in [0.717, 1.165) is 74.1 Å². The van der Waals surface area contributed by atoms with E-state index in [2.05, 4.69) is 10.6 Å². The molecule has 0 radical (unpaired) electrons. The highest BCUT2D eigenvalue weighted by atomic mass is 16.2. The third-order valence-electron chi connectivity index (χ3n) is 7.15. The van der Waals surface area contributed by atoms with Crippen LogP contribution < -0.4 is 16.4 Å². The van der Waals surface area contributed by atoms with E-state index in [1.165, 1.54) is 19.1 Å². The summed E-state index contributed by atoms with van der Waals surface area (Å²) in [6.45, 7) is 1.49. The van der Waals surface area contributed by atoms with Gasteiger partial charge >= 0.3 is 0 Å². The molecule has 8 nitrogen and oxygen atoms in total. The minimum atomic E-state index is -0.115. The van der Waals surface area contributed by atoms with Gasteiger partial charge in [-0.25, -0.2) is 9.98 Å². The first-order valence-corrected chi connectivity index (χ1v) is 13.0. The van der Waals surface area contributed by atoms with Crippen LogP contribution in [0.15, 0.2) is 47.6 Å². The second-order valence-corrected chi connectivity index (χ2v) is 9.98. The molecule has 0 bridgehead atoms. The predicted molar refractivity (Wildman–Crippen MR) is 143 cm³/mol. The lowest BCUT2D eigenvalue weighted by atomic mass is 9.91. The van der Waals surface area contributed by atoms with Crippen molar-refractivity contribution in [1.29, 1.82) is 0 Å². The smallest absolute Gasteiger partial charge is 0.255 e. The molecule has 0 unspecified atom stereocenters. The number of nitrogens with one attached hydrogen (secondary N) is 2. The molecule has 0 aliphatic heterocycles. The lowest BCUT2D eigenvalue weighted by Gasteiger charge is -2.26. The number of aromatic nitrogens is 2. The van der Waals surface area contributed by atoms with E-state index in [4.69, 9.17) is 15.7 Å². The van der Waals surface area contributed by atoms with Gasteiger partial charge in [0.05, 0.1) is 5.56 Å². The summed E-state index contributed by atoms with van der Waals surface area (Å²) in [6, 6.07) is 11.7. The van der Waals surface area contributed by atoms with Crippen molar-refractivity contribution in [2.75, 3.05) is 5.32 Å². The van der Waals surface area contributed by atoms with Crippen molar-refractivity contribution in [3.05, 3.63) is 48.2 Å². The molecule has 2 amide bonds. The summed E-state index contributed by atoms with van der Waals surface area (Å²) < 4.78 is 1.93. The minimum Gasteiger partial charge on any atom is -0.349 e. The highest BCUT2D eigenvalue weighted by molar-refractivity contribution is 6.01. The van der Waals surface area contributed by atoms with Gasteiger partial charge in [-0.3, -0.25) is 14.0 Å². The van der Waals surface area contributed by atoms with Crippen molar-refractivity contribution >= 4 is 34.7 Å². The maximum absolute atomic E-state index is 13.3. The Morgan fingerprint density at radius 3 is 2.44 bits per heavy atom. The molecule has 2 aromatic heterocycles. The van der Waals surface area contributed by atoms with Crippen molar-refractivity contribution < 1.29 is 9.59 Å². The fourth-order valence-corrected chi connectivity index (χ4v) is 5.20. The predicted octanol–water partition coefficient (Wildman–Crippen LogP) is 5.00. The zero-order chi connectivity index (χ0) is 25.1. The van der Waals surface area contributed by atoms with E-state index >= 15 is 0 Å². The van der Waals surface area contributed by atoms with Gasteiger partial charge in [0.1, 0.15) is 5.69 Å². The molecular formula is C28H34N6O2. The summed E-state index contributed by atoms with van der Waals surface area (Å²) >= 11 is 0. The first kappa shape index (κ1) is 24.2. The first-order chi connectivity index (χ1) is 17.5. The molecule has 1 aromatic carbocycles. The van der Waals surface area contributed by atoms with Gasteiger partial charge in [0, 0.05) is 42.2 Å². The van der Waals surface area contributed by atoms with Gasteiger partial charge in [0.2, 0.25) is 5.91 Å². The number of nitrogens with zero attached hydrogens (tertiary/aromatic N) is 3. The Labute approximate surface area is 211 Å². The molecule has 2 fully saturated rings. The average Bonchev–Trinajstić information content (AvgIpc) is 3.24. The Bertz CT molecular complexity index is 1280. The number of pyridine rings is 1. The molecule has 4 N–H and O–H groups in total. The Morgan fingerprint density at radius 1 is 1.03 bits per heavy atom. The van der Waals surface area contributed by atoms with E-state index in [1.807, 2.05) is 47.0 Å². The van der Waals surface area contributed by atoms with Gasteiger partial charge in [-0.05, 0) is 75.6 Å². The summed E-state index contributed by atoms with van der Waals surface area (Å²) in [4.78, 5) is 34.8. The molecule has 2 aliphatic rings. The van der Waals surface area contributed by atoms with Crippen LogP contribution in [0.2, 0.25) is 0 Å². The zero-order valence-electron chi connectivity index (χ0n) is 20.8. The van der Waals surface area contributed by atoms with Crippen LogP contribution in [0.1, 0.15) is 75.1 Å². The van der Waals surface area contributed by atoms with Gasteiger partial charge in [-0.1, -0.05) is 18.6 Å². The number of imidazole rings is 1. The number of nitrogens with two attached hydrogens (primary N) is 1. The van der Waals surface area contributed by atoms with Crippen LogP contribution in [-0.4, -0.2) is 39.0 Å². The summed E-state index contributed by atoms with van der Waals surface area (Å²) in [5.41, 5.74) is 10.7. The maximum Gasteiger partial charge on any atom is 0.255 e. The molecule has 2 aliphatic carbocycles. The van der Waals surface area contributed by atoms with Crippen LogP contribution in [0.3, 0.4) is 0 Å². The second kappa shape index (κ2) is 10.6. The van der Waals surface area contributed by atoms with Crippen molar-refractivity contribution in [3.63, 3.8) is 0 Å². The molecule has 8 heteroatoms. The second-order valence-electron chi connectivity index (χ2n) is 9.98. The van der Waals surface area contributed by atoms with E-state index in [9.17, 15) is 9.59 Å². The number of hydrogen-bond acceptors (Lipinski definition) is 5. The summed E-state index contributed by atoms with van der Waals surface area (Å²) in [7, 11) is 0. The fraction of sp³-hybridized carbons (Fsp3) is 0.429. The lowest BCUT2D eigenvalue weighted by Crippen LogP contribution is -2.40. The van der Waals surface area contributed by atoms with Crippen LogP contribution in [0.25, 0.3) is 16.9 Å². The number of carbonyl (C=O) groups is 2. The molecule has 5 rings (SSSR count). The Hall–Kier alpha value is -3.52. The highest BCUT2D eigenvalue weighted by Crippen LogP contribution is 2.34. The van der Waals surface area contributed by atoms with E-state index < -0.39 is 0 Å². The van der Waals surface area contributed by atoms with Crippen LogP contribution >= 0.6 is 0 Å². The van der Waals surface area contributed by atoms with Crippen molar-refractivity contribution in [1.82, 2.24) is 14.7 Å². The van der Waals surface area contributed by atoms with Crippen molar-refractivity contribution in [2.24, 2.45) is 10.7 Å². The van der Waals surface area contributed by atoms with Crippen LogP contribution in [0.5, 0.6) is 0 Å². The summed E-state index contributed by atoms with van der Waals surface area (Å²) in [5.74, 6) is 0.512. The normalized spacial score (nSPS) is 20.2. The van der Waals surface area contributed by atoms with Gasteiger partial charge in [0.15, 0.2) is 11.5 Å². The largest absolute Gasteiger partial charge is 0.349 e. The number of fused-ring (bicyclic) bond motifs is 1. The average molecular weight is 487 g/mol. The van der Waals surface area contributed by atoms with Crippen molar-refractivity contribution in [3.8, 4) is 11.3 Å². The molecule has 36 heavy (non-hydrogen) atoms. The molecule has 0 spiro atoms. The van der Waals surface area contributed by atoms with Crippen molar-refractivity contribution in [2.45, 2.75) is 76.8 Å². The van der Waals surface area contributed by atoms with E-state index in [1.54, 1.807) is 0 Å². The Balaban J connectivity index is 1.54. The highest BCUT2D eigenvalue weighted by Gasteiger charge is 2.24. The number of aliphatic imine (C=N–C) groups is 1. The molecule has 2 heterocycles. The van der Waals surface area contributed by atoms with Gasteiger partial charge in [0.25, 0.3) is 5.91 Å². The van der Waals surface area contributed by atoms with Gasteiger partial charge < -0.3 is 16.4 Å². The summed E-state index contributed by atoms with van der Waals surface area (Å²) in [5, 5.41) is 6.00. The molecule has 188 valence electrons. The third kappa shape index (κ3) is 5.33. The first-order valence-electron chi connectivity index (χ1n) is 13.0. The Kier molecular flexibility index (Phi) is 7.13. The number of amides is 2. The van der Waals surface area contributed by atoms with E-state index in [0.29, 0.717) is 11.2 Å². The number of anilines is 1. The number of hydrogen-bond donors (Lipinski definition) is 3. The number of benzene rings is 1. The fourth-order valence-electron chi connectivity index (χ4n) is 5.20. The third-order valence-corrected chi connectivity index (χ3v) is 7.15. The lowest BCUT2D eigenvalue weighted by molar-refractivity contribution is -0.114. The summed E-state index contributed by atoms with van der Waals surface area (Å²) in [6.07, 6.45) is 11.1. The Morgan fingerprint density at radius 2 is 1.75 bits per heavy atom. The number of carbonyl (C=O) groups excluding carboxylic acids is 2. The molecular weight excluding hydrogens is 452 g/mol. The maximum atomic E-state index is 13.3. The quantitative estimate of drug-likeness (QED) is 0.471. The van der Waals surface area contributed by atoms with Crippen LogP contribution in [0.4, 0.5) is 11.5 Å². The zero-order valence-corrected chi connectivity index (χ0v) is 20.8. The van der Waals surface area contributed by atoms with Gasteiger partial charge in [-0.2, -0.15) is 0 Å². The number of rotatable bonds is 5. The topological polar surface area (TPSA) is 114 Å². The molecule has 2 saturated carbocycles. The monoisotopic (exact) mass is 486 g/mol.